The number of ether oxygens (including phenoxy) is 1. The average molecular weight is 335 g/mol. The van der Waals surface area contributed by atoms with E-state index in [2.05, 4.69) is 16.3 Å². The molecule has 2 aliphatic carbocycles. The average Bonchev–Trinajstić information content (AvgIpc) is 3.02. The number of aliphatic hydroxyl groups is 1. The molecule has 134 valence electrons. The minimum atomic E-state index is -0.677. The number of carbonyl (C=O) groups is 1. The van der Waals surface area contributed by atoms with Crippen LogP contribution in [0.25, 0.3) is 0 Å². The summed E-state index contributed by atoms with van der Waals surface area (Å²) in [5.41, 5.74) is -0.677. The normalized spacial score (nSPS) is 33.8. The van der Waals surface area contributed by atoms with E-state index in [-0.39, 0.29) is 24.0 Å². The van der Waals surface area contributed by atoms with Crippen LogP contribution in [-0.2, 0) is 9.53 Å². The standard InChI is InChI=1S/C18H29N3O3/c19-13-18(7-2-1-3-8-18)20-17(23)11-21-9-10-24-12-15(21)14-5-4-6-16(14)22/h14-16,22H,1-12H2,(H,20,23). The highest BCUT2D eigenvalue weighted by Gasteiger charge is 2.39. The van der Waals surface area contributed by atoms with Crippen molar-refractivity contribution in [3.63, 3.8) is 0 Å². The minimum absolute atomic E-state index is 0.0714. The van der Waals surface area contributed by atoms with Gasteiger partial charge in [0.05, 0.1) is 31.9 Å². The fourth-order valence-corrected chi connectivity index (χ4v) is 4.58. The van der Waals surface area contributed by atoms with E-state index in [1.165, 1.54) is 0 Å². The van der Waals surface area contributed by atoms with Gasteiger partial charge in [-0.05, 0) is 25.7 Å². The number of rotatable bonds is 4. The Kier molecular flexibility index (Phi) is 5.75. The molecule has 3 fully saturated rings. The molecule has 1 saturated heterocycles. The van der Waals surface area contributed by atoms with E-state index >= 15 is 0 Å². The third kappa shape index (κ3) is 3.90. The maximum Gasteiger partial charge on any atom is 0.235 e. The Balaban J connectivity index is 1.60. The van der Waals surface area contributed by atoms with Crippen molar-refractivity contribution >= 4 is 5.91 Å². The molecular formula is C18H29N3O3. The maximum absolute atomic E-state index is 12.6. The molecule has 3 rings (SSSR count). The van der Waals surface area contributed by atoms with Crippen LogP contribution in [0.3, 0.4) is 0 Å². The first-order valence-electron chi connectivity index (χ1n) is 9.36. The number of morpholine rings is 1. The Bertz CT molecular complexity index is 484. The molecule has 2 saturated carbocycles. The van der Waals surface area contributed by atoms with E-state index in [0.717, 1.165) is 51.4 Å². The summed E-state index contributed by atoms with van der Waals surface area (Å²) in [5.74, 6) is 0.121. The zero-order valence-electron chi connectivity index (χ0n) is 14.4. The molecule has 24 heavy (non-hydrogen) atoms. The molecule has 1 amide bonds. The van der Waals surface area contributed by atoms with Gasteiger partial charge in [0.2, 0.25) is 5.91 Å². The largest absolute Gasteiger partial charge is 0.393 e. The van der Waals surface area contributed by atoms with Crippen molar-refractivity contribution in [2.24, 2.45) is 5.92 Å². The van der Waals surface area contributed by atoms with Gasteiger partial charge in [0.1, 0.15) is 5.54 Å². The summed E-state index contributed by atoms with van der Waals surface area (Å²) in [4.78, 5) is 14.7. The molecule has 1 aliphatic heterocycles. The molecule has 0 spiro atoms. The smallest absolute Gasteiger partial charge is 0.235 e. The SMILES string of the molecule is N#CC1(NC(=O)CN2CCOCC2C2CCCC2O)CCCCC1. The lowest BCUT2D eigenvalue weighted by molar-refractivity contribution is -0.128. The molecule has 0 aromatic carbocycles. The molecule has 3 unspecified atom stereocenters. The van der Waals surface area contributed by atoms with E-state index in [1.54, 1.807) is 0 Å². The summed E-state index contributed by atoms with van der Waals surface area (Å²) < 4.78 is 5.61. The fraction of sp³-hybridized carbons (Fsp3) is 0.889. The van der Waals surface area contributed by atoms with Crippen LogP contribution in [0.5, 0.6) is 0 Å². The molecule has 0 aromatic rings. The second kappa shape index (κ2) is 7.81. The van der Waals surface area contributed by atoms with Gasteiger partial charge in [-0.1, -0.05) is 25.7 Å². The van der Waals surface area contributed by atoms with Crippen LogP contribution in [-0.4, -0.2) is 59.9 Å². The zero-order chi connectivity index (χ0) is 17.0. The van der Waals surface area contributed by atoms with Crippen molar-refractivity contribution in [2.75, 3.05) is 26.3 Å². The summed E-state index contributed by atoms with van der Waals surface area (Å²) in [6.45, 7) is 2.20. The van der Waals surface area contributed by atoms with Gasteiger partial charge in [-0.3, -0.25) is 9.69 Å². The summed E-state index contributed by atoms with van der Waals surface area (Å²) in [6, 6.07) is 2.45. The predicted octanol–water partition coefficient (Wildman–Crippen LogP) is 1.19. The third-order valence-electron chi connectivity index (χ3n) is 5.95. The molecular weight excluding hydrogens is 306 g/mol. The first-order chi connectivity index (χ1) is 11.6. The van der Waals surface area contributed by atoms with E-state index in [0.29, 0.717) is 26.3 Å². The summed E-state index contributed by atoms with van der Waals surface area (Å²) in [6.07, 6.45) is 7.25. The number of nitrogens with one attached hydrogen (secondary N) is 1. The molecule has 3 atom stereocenters. The number of carbonyl (C=O) groups excluding carboxylic acids is 1. The molecule has 0 radical (unpaired) electrons. The van der Waals surface area contributed by atoms with Crippen molar-refractivity contribution in [3.8, 4) is 6.07 Å². The quantitative estimate of drug-likeness (QED) is 0.806. The molecule has 3 aliphatic rings. The highest BCUT2D eigenvalue weighted by Crippen LogP contribution is 2.32. The summed E-state index contributed by atoms with van der Waals surface area (Å²) in [5, 5.41) is 22.7. The number of amides is 1. The van der Waals surface area contributed by atoms with Crippen molar-refractivity contribution in [2.45, 2.75) is 69.1 Å². The van der Waals surface area contributed by atoms with Gasteiger partial charge in [-0.2, -0.15) is 5.26 Å². The van der Waals surface area contributed by atoms with Crippen molar-refractivity contribution in [1.82, 2.24) is 10.2 Å². The van der Waals surface area contributed by atoms with Crippen LogP contribution >= 0.6 is 0 Å². The van der Waals surface area contributed by atoms with E-state index in [1.807, 2.05) is 0 Å². The number of nitrogens with zero attached hydrogens (tertiary/aromatic N) is 2. The molecule has 0 aromatic heterocycles. The lowest BCUT2D eigenvalue weighted by Gasteiger charge is -2.40. The fourth-order valence-electron chi connectivity index (χ4n) is 4.58. The van der Waals surface area contributed by atoms with Gasteiger partial charge >= 0.3 is 0 Å². The van der Waals surface area contributed by atoms with Crippen LogP contribution in [0.15, 0.2) is 0 Å². The van der Waals surface area contributed by atoms with Crippen LogP contribution in [0.2, 0.25) is 0 Å². The lowest BCUT2D eigenvalue weighted by Crippen LogP contribution is -2.57. The van der Waals surface area contributed by atoms with Crippen molar-refractivity contribution in [1.29, 1.82) is 5.26 Å². The van der Waals surface area contributed by atoms with Crippen molar-refractivity contribution < 1.29 is 14.6 Å². The Labute approximate surface area is 144 Å². The van der Waals surface area contributed by atoms with E-state index in [4.69, 9.17) is 4.74 Å². The second-order valence-electron chi connectivity index (χ2n) is 7.58. The molecule has 6 heteroatoms. The van der Waals surface area contributed by atoms with Crippen LogP contribution in [0, 0.1) is 17.2 Å². The van der Waals surface area contributed by atoms with Crippen LogP contribution in [0.1, 0.15) is 51.4 Å². The minimum Gasteiger partial charge on any atom is -0.393 e. The monoisotopic (exact) mass is 335 g/mol. The Morgan fingerprint density at radius 2 is 2.08 bits per heavy atom. The third-order valence-corrected chi connectivity index (χ3v) is 5.95. The Morgan fingerprint density at radius 1 is 1.29 bits per heavy atom. The van der Waals surface area contributed by atoms with Crippen LogP contribution < -0.4 is 5.32 Å². The second-order valence-corrected chi connectivity index (χ2v) is 7.58. The number of hydrogen-bond donors (Lipinski definition) is 2. The highest BCUT2D eigenvalue weighted by molar-refractivity contribution is 5.79. The summed E-state index contributed by atoms with van der Waals surface area (Å²) >= 11 is 0. The zero-order valence-corrected chi connectivity index (χ0v) is 14.4. The first kappa shape index (κ1) is 17.7. The number of nitriles is 1. The molecule has 0 bridgehead atoms. The van der Waals surface area contributed by atoms with Crippen LogP contribution in [0.4, 0.5) is 0 Å². The van der Waals surface area contributed by atoms with Gasteiger partial charge in [-0.25, -0.2) is 0 Å². The highest BCUT2D eigenvalue weighted by atomic mass is 16.5. The molecule has 2 N–H and O–H groups in total. The number of aliphatic hydroxyl groups excluding tert-OH is 1. The Hall–Kier alpha value is -1.16. The molecule has 6 nitrogen and oxygen atoms in total. The topological polar surface area (TPSA) is 85.6 Å². The van der Waals surface area contributed by atoms with Gasteiger partial charge in [-0.15, -0.1) is 0 Å². The molecule has 1 heterocycles. The maximum atomic E-state index is 12.6. The van der Waals surface area contributed by atoms with E-state index in [9.17, 15) is 15.2 Å². The Morgan fingerprint density at radius 3 is 2.75 bits per heavy atom. The predicted molar refractivity (Wildman–Crippen MR) is 89.1 cm³/mol. The van der Waals surface area contributed by atoms with Gasteiger partial charge in [0.15, 0.2) is 0 Å². The first-order valence-corrected chi connectivity index (χ1v) is 9.36. The van der Waals surface area contributed by atoms with Crippen molar-refractivity contribution in [3.05, 3.63) is 0 Å². The van der Waals surface area contributed by atoms with Gasteiger partial charge in [0.25, 0.3) is 0 Å². The van der Waals surface area contributed by atoms with Gasteiger partial charge in [0, 0.05) is 18.5 Å². The summed E-state index contributed by atoms with van der Waals surface area (Å²) in [7, 11) is 0. The lowest BCUT2D eigenvalue weighted by atomic mass is 9.83. The number of hydrogen-bond acceptors (Lipinski definition) is 5. The van der Waals surface area contributed by atoms with Gasteiger partial charge < -0.3 is 15.2 Å². The van der Waals surface area contributed by atoms with E-state index < -0.39 is 5.54 Å².